The molecule has 3 aliphatic carbocycles. The van der Waals surface area contributed by atoms with Crippen LogP contribution >= 0.6 is 0 Å². The van der Waals surface area contributed by atoms with E-state index in [-0.39, 0.29) is 0 Å². The van der Waals surface area contributed by atoms with Gasteiger partial charge in [0.05, 0.1) is 0 Å². The number of allylic oxidation sites excluding steroid dienone is 1. The molecule has 0 radical (unpaired) electrons. The van der Waals surface area contributed by atoms with E-state index in [2.05, 4.69) is 61.8 Å². The zero-order valence-corrected chi connectivity index (χ0v) is 15.8. The van der Waals surface area contributed by atoms with Crippen molar-refractivity contribution in [2.45, 2.75) is 40.5 Å². The third-order valence-electron chi connectivity index (χ3n) is 7.28. The van der Waals surface area contributed by atoms with Crippen LogP contribution in [0.1, 0.15) is 37.8 Å². The van der Waals surface area contributed by atoms with Crippen molar-refractivity contribution in [3.05, 3.63) is 41.0 Å². The van der Waals surface area contributed by atoms with Crippen molar-refractivity contribution >= 4 is 5.69 Å². The molecule has 2 atom stereocenters. The first kappa shape index (κ1) is 16.2. The number of hydrogen-bond donors (Lipinski definition) is 0. The van der Waals surface area contributed by atoms with Crippen LogP contribution in [0.3, 0.4) is 0 Å². The molecule has 1 saturated heterocycles. The summed E-state index contributed by atoms with van der Waals surface area (Å²) in [6, 6.07) is 6.71. The van der Waals surface area contributed by atoms with Gasteiger partial charge >= 0.3 is 0 Å². The summed E-state index contributed by atoms with van der Waals surface area (Å²) in [6.07, 6.45) is 5.34. The largest absolute Gasteiger partial charge is 0.369 e. The SMILES string of the molecule is Cc1cccc(N2CCN(CC3=CC[C@@H]4C[C@H]3C4(C)C)CC2)c1C. The van der Waals surface area contributed by atoms with Crippen LogP contribution in [0.4, 0.5) is 5.69 Å². The fourth-order valence-electron chi connectivity index (χ4n) is 5.14. The Kier molecular flexibility index (Phi) is 3.99. The van der Waals surface area contributed by atoms with E-state index in [4.69, 9.17) is 0 Å². The van der Waals surface area contributed by atoms with Crippen molar-refractivity contribution in [2.75, 3.05) is 37.6 Å². The molecule has 1 heterocycles. The lowest BCUT2D eigenvalue weighted by Gasteiger charge is -2.57. The molecule has 2 bridgehead atoms. The van der Waals surface area contributed by atoms with E-state index in [1.165, 1.54) is 49.3 Å². The fraction of sp³-hybridized carbons (Fsp3) is 0.636. The van der Waals surface area contributed by atoms with Gasteiger partial charge in [0.1, 0.15) is 0 Å². The maximum atomic E-state index is 2.68. The standard InChI is InChI=1S/C22H32N2/c1-16-6-5-7-21(17(16)2)24-12-10-23(11-13-24)15-18-8-9-19-14-20(18)22(19,3)4/h5-8,19-20H,9-15H2,1-4H3/t19-,20-/m1/s1. The quantitative estimate of drug-likeness (QED) is 0.760. The van der Waals surface area contributed by atoms with Crippen LogP contribution in [0.2, 0.25) is 0 Å². The van der Waals surface area contributed by atoms with Crippen molar-refractivity contribution in [3.63, 3.8) is 0 Å². The van der Waals surface area contributed by atoms with E-state index >= 15 is 0 Å². The number of anilines is 1. The second-order valence-electron chi connectivity index (χ2n) is 8.80. The normalized spacial score (nSPS) is 29.2. The van der Waals surface area contributed by atoms with Crippen LogP contribution in [-0.2, 0) is 0 Å². The molecule has 0 aromatic heterocycles. The Hall–Kier alpha value is -1.28. The number of hydrogen-bond acceptors (Lipinski definition) is 2. The van der Waals surface area contributed by atoms with Crippen molar-refractivity contribution in [1.82, 2.24) is 4.90 Å². The van der Waals surface area contributed by atoms with Crippen LogP contribution in [0, 0.1) is 31.1 Å². The number of piperazine rings is 1. The minimum atomic E-state index is 0.560. The fourth-order valence-corrected chi connectivity index (χ4v) is 5.14. The van der Waals surface area contributed by atoms with E-state index in [0.717, 1.165) is 24.9 Å². The molecular weight excluding hydrogens is 292 g/mol. The Bertz CT molecular complexity index is 650. The van der Waals surface area contributed by atoms with Gasteiger partial charge in [-0.15, -0.1) is 0 Å². The maximum Gasteiger partial charge on any atom is 0.0399 e. The van der Waals surface area contributed by atoms with Gasteiger partial charge in [0.15, 0.2) is 0 Å². The zero-order chi connectivity index (χ0) is 16.9. The zero-order valence-electron chi connectivity index (χ0n) is 15.8. The summed E-state index contributed by atoms with van der Waals surface area (Å²) in [5, 5.41) is 0. The first-order chi connectivity index (χ1) is 11.5. The molecule has 1 aromatic rings. The Morgan fingerprint density at radius 1 is 1.08 bits per heavy atom. The van der Waals surface area contributed by atoms with Gasteiger partial charge in [-0.3, -0.25) is 4.90 Å². The molecule has 2 nitrogen and oxygen atoms in total. The van der Waals surface area contributed by atoms with Crippen LogP contribution in [-0.4, -0.2) is 37.6 Å². The second-order valence-corrected chi connectivity index (χ2v) is 8.80. The average Bonchev–Trinajstić information content (AvgIpc) is 2.58. The molecule has 0 unspecified atom stereocenters. The minimum absolute atomic E-state index is 0.560. The molecular formula is C22H32N2. The highest BCUT2D eigenvalue weighted by Crippen LogP contribution is 2.59. The Morgan fingerprint density at radius 2 is 1.83 bits per heavy atom. The number of fused-ring (bicyclic) bond motifs is 1. The Labute approximate surface area is 147 Å². The van der Waals surface area contributed by atoms with Crippen molar-refractivity contribution in [1.29, 1.82) is 0 Å². The number of nitrogens with zero attached hydrogens (tertiary/aromatic N) is 2. The molecule has 130 valence electrons. The van der Waals surface area contributed by atoms with Gasteiger partial charge in [-0.2, -0.15) is 0 Å². The van der Waals surface area contributed by atoms with Crippen molar-refractivity contribution in [2.24, 2.45) is 17.3 Å². The predicted octanol–water partition coefficient (Wildman–Crippen LogP) is 4.42. The lowest BCUT2D eigenvalue weighted by molar-refractivity contribution is -0.0107. The third-order valence-corrected chi connectivity index (χ3v) is 7.28. The van der Waals surface area contributed by atoms with Gasteiger partial charge in [-0.25, -0.2) is 0 Å². The van der Waals surface area contributed by atoms with Crippen LogP contribution in [0.15, 0.2) is 29.8 Å². The summed E-state index contributed by atoms with van der Waals surface area (Å²) in [5.41, 5.74) is 6.59. The van der Waals surface area contributed by atoms with E-state index in [9.17, 15) is 0 Å². The van der Waals surface area contributed by atoms with Gasteiger partial charge in [0.2, 0.25) is 0 Å². The summed E-state index contributed by atoms with van der Waals surface area (Å²) in [5.74, 6) is 1.81. The van der Waals surface area contributed by atoms with E-state index in [1.807, 2.05) is 0 Å². The summed E-state index contributed by atoms with van der Waals surface area (Å²) < 4.78 is 0. The van der Waals surface area contributed by atoms with Gasteiger partial charge in [0.25, 0.3) is 0 Å². The van der Waals surface area contributed by atoms with Crippen molar-refractivity contribution in [3.8, 4) is 0 Å². The lowest BCUT2D eigenvalue weighted by atomic mass is 9.49. The van der Waals surface area contributed by atoms with Crippen molar-refractivity contribution < 1.29 is 0 Å². The van der Waals surface area contributed by atoms with E-state index in [0.29, 0.717) is 5.41 Å². The summed E-state index contributed by atoms with van der Waals surface area (Å²) >= 11 is 0. The second kappa shape index (κ2) is 5.91. The van der Waals surface area contributed by atoms with Gasteiger partial charge in [-0.05, 0) is 61.1 Å². The lowest BCUT2D eigenvalue weighted by Crippen LogP contribution is -2.52. The molecule has 5 rings (SSSR count). The highest BCUT2D eigenvalue weighted by molar-refractivity contribution is 5.56. The molecule has 1 aromatic carbocycles. The van der Waals surface area contributed by atoms with Gasteiger partial charge < -0.3 is 4.90 Å². The third kappa shape index (κ3) is 2.60. The van der Waals surface area contributed by atoms with Crippen LogP contribution in [0.5, 0.6) is 0 Å². The molecule has 2 fully saturated rings. The highest BCUT2D eigenvalue weighted by Gasteiger charge is 2.51. The molecule has 4 aliphatic rings. The van der Waals surface area contributed by atoms with Crippen LogP contribution < -0.4 is 4.90 Å². The summed E-state index contributed by atoms with van der Waals surface area (Å²) in [4.78, 5) is 5.26. The molecule has 1 aliphatic heterocycles. The van der Waals surface area contributed by atoms with Gasteiger partial charge in [0, 0.05) is 38.4 Å². The number of rotatable bonds is 3. The molecule has 2 heteroatoms. The summed E-state index contributed by atoms with van der Waals surface area (Å²) in [7, 11) is 0. The monoisotopic (exact) mass is 324 g/mol. The number of aryl methyl sites for hydroxylation is 1. The topological polar surface area (TPSA) is 6.48 Å². The first-order valence-electron chi connectivity index (χ1n) is 9.69. The Morgan fingerprint density at radius 3 is 2.50 bits per heavy atom. The molecule has 0 amide bonds. The highest BCUT2D eigenvalue weighted by atomic mass is 15.3. The molecule has 0 N–H and O–H groups in total. The molecule has 24 heavy (non-hydrogen) atoms. The van der Waals surface area contributed by atoms with E-state index < -0.39 is 0 Å². The van der Waals surface area contributed by atoms with Crippen LogP contribution in [0.25, 0.3) is 0 Å². The summed E-state index contributed by atoms with van der Waals surface area (Å²) in [6.45, 7) is 15.4. The first-order valence-corrected chi connectivity index (χ1v) is 9.69. The molecule has 0 spiro atoms. The number of benzene rings is 1. The molecule has 1 saturated carbocycles. The minimum Gasteiger partial charge on any atom is -0.369 e. The predicted molar refractivity (Wildman–Crippen MR) is 103 cm³/mol. The Balaban J connectivity index is 1.37. The average molecular weight is 325 g/mol. The smallest absolute Gasteiger partial charge is 0.0399 e. The maximum absolute atomic E-state index is 2.68. The van der Waals surface area contributed by atoms with E-state index in [1.54, 1.807) is 5.57 Å². The van der Waals surface area contributed by atoms with Gasteiger partial charge in [-0.1, -0.05) is 37.6 Å².